The third-order valence-electron chi connectivity index (χ3n) is 1.70. The molecule has 0 fully saturated rings. The van der Waals surface area contributed by atoms with Gasteiger partial charge in [-0.2, -0.15) is 0 Å². The van der Waals surface area contributed by atoms with Crippen LogP contribution in [-0.2, 0) is 11.1 Å². The SMILES string of the molecule is NC(c1ccc(C(=O)O)cc1)S(=O)O. The maximum Gasteiger partial charge on any atom is 0.335 e. The van der Waals surface area contributed by atoms with Crippen LogP contribution < -0.4 is 5.73 Å². The van der Waals surface area contributed by atoms with Crippen molar-refractivity contribution in [3.8, 4) is 0 Å². The van der Waals surface area contributed by atoms with Crippen molar-refractivity contribution < 1.29 is 18.7 Å². The van der Waals surface area contributed by atoms with Gasteiger partial charge in [0, 0.05) is 0 Å². The molecule has 0 radical (unpaired) electrons. The van der Waals surface area contributed by atoms with Crippen molar-refractivity contribution in [1.29, 1.82) is 0 Å². The molecule has 0 bridgehead atoms. The van der Waals surface area contributed by atoms with Gasteiger partial charge in [-0.1, -0.05) is 12.1 Å². The molecule has 0 aliphatic carbocycles. The van der Waals surface area contributed by atoms with E-state index in [4.69, 9.17) is 15.4 Å². The predicted molar refractivity (Wildman–Crippen MR) is 51.1 cm³/mol. The van der Waals surface area contributed by atoms with E-state index in [-0.39, 0.29) is 5.56 Å². The largest absolute Gasteiger partial charge is 0.478 e. The van der Waals surface area contributed by atoms with E-state index in [1.54, 1.807) is 0 Å². The minimum absolute atomic E-state index is 0.115. The fraction of sp³-hybridized carbons (Fsp3) is 0.125. The van der Waals surface area contributed by atoms with Gasteiger partial charge in [-0.3, -0.25) is 0 Å². The van der Waals surface area contributed by atoms with Crippen LogP contribution in [0, 0.1) is 0 Å². The van der Waals surface area contributed by atoms with E-state index in [9.17, 15) is 9.00 Å². The molecular weight excluding hydrogens is 206 g/mol. The zero-order chi connectivity index (χ0) is 10.7. The second kappa shape index (κ2) is 4.32. The summed E-state index contributed by atoms with van der Waals surface area (Å²) < 4.78 is 19.3. The fourth-order valence-electron chi connectivity index (χ4n) is 0.932. The molecule has 2 unspecified atom stereocenters. The molecule has 0 aliphatic rings. The quantitative estimate of drug-likeness (QED) is 0.640. The number of benzene rings is 1. The van der Waals surface area contributed by atoms with Gasteiger partial charge in [0.1, 0.15) is 5.37 Å². The first-order valence-electron chi connectivity index (χ1n) is 3.71. The van der Waals surface area contributed by atoms with Gasteiger partial charge in [0.2, 0.25) is 0 Å². The minimum Gasteiger partial charge on any atom is -0.478 e. The van der Waals surface area contributed by atoms with Gasteiger partial charge in [-0.25, -0.2) is 9.00 Å². The molecule has 0 spiro atoms. The molecule has 6 heteroatoms. The van der Waals surface area contributed by atoms with E-state index in [2.05, 4.69) is 0 Å². The number of rotatable bonds is 3. The van der Waals surface area contributed by atoms with E-state index in [1.807, 2.05) is 0 Å². The molecule has 0 amide bonds. The Kier molecular flexibility index (Phi) is 3.34. The second-order valence-electron chi connectivity index (χ2n) is 2.62. The molecule has 1 aromatic carbocycles. The lowest BCUT2D eigenvalue weighted by Crippen LogP contribution is -2.15. The number of carbonyl (C=O) groups is 1. The lowest BCUT2D eigenvalue weighted by atomic mass is 10.1. The molecule has 1 rings (SSSR count). The van der Waals surface area contributed by atoms with Crippen LogP contribution in [0.5, 0.6) is 0 Å². The van der Waals surface area contributed by atoms with Gasteiger partial charge >= 0.3 is 5.97 Å². The zero-order valence-corrected chi connectivity index (χ0v) is 7.90. The first kappa shape index (κ1) is 10.8. The molecule has 76 valence electrons. The number of nitrogens with two attached hydrogens (primary N) is 1. The normalized spacial score (nSPS) is 14.7. The van der Waals surface area contributed by atoms with Crippen LogP contribution in [-0.4, -0.2) is 19.8 Å². The lowest BCUT2D eigenvalue weighted by molar-refractivity contribution is 0.0697. The highest BCUT2D eigenvalue weighted by Gasteiger charge is 2.12. The summed E-state index contributed by atoms with van der Waals surface area (Å²) >= 11 is -2.15. The van der Waals surface area contributed by atoms with Crippen molar-refractivity contribution in [2.75, 3.05) is 0 Å². The Balaban J connectivity index is 2.94. The van der Waals surface area contributed by atoms with Crippen LogP contribution in [0.25, 0.3) is 0 Å². The Labute approximate surface area is 82.8 Å². The van der Waals surface area contributed by atoms with Crippen LogP contribution in [0.2, 0.25) is 0 Å². The summed E-state index contributed by atoms with van der Waals surface area (Å²) in [6.45, 7) is 0. The highest BCUT2D eigenvalue weighted by molar-refractivity contribution is 7.79. The van der Waals surface area contributed by atoms with E-state index in [1.165, 1.54) is 24.3 Å². The average molecular weight is 215 g/mol. The average Bonchev–Trinajstić information content (AvgIpc) is 2.16. The van der Waals surface area contributed by atoms with Crippen molar-refractivity contribution in [2.24, 2.45) is 5.73 Å². The second-order valence-corrected chi connectivity index (χ2v) is 3.68. The van der Waals surface area contributed by atoms with E-state index < -0.39 is 22.4 Å². The summed E-state index contributed by atoms with van der Waals surface area (Å²) in [5, 5.41) is 7.58. The third-order valence-corrected chi connectivity index (χ3v) is 2.41. The van der Waals surface area contributed by atoms with Crippen molar-refractivity contribution >= 4 is 17.0 Å². The molecule has 4 N–H and O–H groups in total. The Bertz CT molecular complexity index is 362. The predicted octanol–water partition coefficient (Wildman–Crippen LogP) is 0.564. The van der Waals surface area contributed by atoms with Gasteiger partial charge in [-0.15, -0.1) is 0 Å². The smallest absolute Gasteiger partial charge is 0.335 e. The number of carboxylic acids is 1. The molecule has 0 saturated heterocycles. The van der Waals surface area contributed by atoms with Crippen LogP contribution in [0.15, 0.2) is 24.3 Å². The molecule has 0 aliphatic heterocycles. The first-order chi connectivity index (χ1) is 6.52. The molecule has 2 atom stereocenters. The van der Waals surface area contributed by atoms with Crippen LogP contribution in [0.4, 0.5) is 0 Å². The Morgan fingerprint density at radius 1 is 1.36 bits per heavy atom. The maximum atomic E-state index is 10.6. The fourth-order valence-corrected chi connectivity index (χ4v) is 1.32. The molecule has 1 aromatic rings. The summed E-state index contributed by atoms with van der Waals surface area (Å²) in [5.41, 5.74) is 5.91. The van der Waals surface area contributed by atoms with E-state index in [0.717, 1.165) is 0 Å². The Morgan fingerprint density at radius 2 is 1.86 bits per heavy atom. The number of hydrogen-bond acceptors (Lipinski definition) is 3. The molecular formula is C8H9NO4S. The van der Waals surface area contributed by atoms with E-state index in [0.29, 0.717) is 5.56 Å². The monoisotopic (exact) mass is 215 g/mol. The molecule has 14 heavy (non-hydrogen) atoms. The van der Waals surface area contributed by atoms with Crippen molar-refractivity contribution in [2.45, 2.75) is 5.37 Å². The number of carboxylic acid groups (broad SMARTS) is 1. The van der Waals surface area contributed by atoms with Crippen molar-refractivity contribution in [3.05, 3.63) is 35.4 Å². The summed E-state index contributed by atoms with van der Waals surface area (Å²) in [4.78, 5) is 10.5. The molecule has 0 aromatic heterocycles. The summed E-state index contributed by atoms with van der Waals surface area (Å²) in [7, 11) is 0. The number of aromatic carboxylic acids is 1. The Morgan fingerprint density at radius 3 is 2.21 bits per heavy atom. The topological polar surface area (TPSA) is 101 Å². The van der Waals surface area contributed by atoms with Gasteiger partial charge in [0.25, 0.3) is 0 Å². The maximum absolute atomic E-state index is 10.6. The van der Waals surface area contributed by atoms with Gasteiger partial charge in [0.05, 0.1) is 5.56 Å². The lowest BCUT2D eigenvalue weighted by Gasteiger charge is -2.06. The molecule has 5 nitrogen and oxygen atoms in total. The van der Waals surface area contributed by atoms with Gasteiger partial charge < -0.3 is 15.4 Å². The number of hydrogen-bond donors (Lipinski definition) is 3. The van der Waals surface area contributed by atoms with E-state index >= 15 is 0 Å². The molecule has 0 heterocycles. The standard InChI is InChI=1S/C8H9NO4S/c9-7(14(12)13)5-1-3-6(4-2-5)8(10)11/h1-4,7H,9H2,(H,10,11)(H,12,13). The van der Waals surface area contributed by atoms with Crippen LogP contribution in [0.1, 0.15) is 21.3 Å². The third kappa shape index (κ3) is 2.38. The highest BCUT2D eigenvalue weighted by atomic mass is 32.2. The highest BCUT2D eigenvalue weighted by Crippen LogP contribution is 2.13. The van der Waals surface area contributed by atoms with Crippen LogP contribution in [0.3, 0.4) is 0 Å². The zero-order valence-electron chi connectivity index (χ0n) is 7.08. The summed E-state index contributed by atoms with van der Waals surface area (Å²) in [6.07, 6.45) is 0. The first-order valence-corrected chi connectivity index (χ1v) is 4.88. The summed E-state index contributed by atoms with van der Waals surface area (Å²) in [5.74, 6) is -1.05. The van der Waals surface area contributed by atoms with Gasteiger partial charge in [-0.05, 0) is 17.7 Å². The van der Waals surface area contributed by atoms with Crippen LogP contribution >= 0.6 is 0 Å². The van der Waals surface area contributed by atoms with Crippen molar-refractivity contribution in [1.82, 2.24) is 0 Å². The summed E-state index contributed by atoms with van der Waals surface area (Å²) in [6, 6.07) is 5.51. The Hall–Kier alpha value is -1.24. The van der Waals surface area contributed by atoms with Crippen molar-refractivity contribution in [3.63, 3.8) is 0 Å². The van der Waals surface area contributed by atoms with Gasteiger partial charge in [0.15, 0.2) is 11.1 Å². The molecule has 0 saturated carbocycles. The minimum atomic E-state index is -2.15.